The minimum absolute atomic E-state index is 0.112. The lowest BCUT2D eigenvalue weighted by atomic mass is 9.92. The zero-order chi connectivity index (χ0) is 22.9. The zero-order valence-corrected chi connectivity index (χ0v) is 18.0. The fourth-order valence-corrected chi connectivity index (χ4v) is 3.87. The minimum Gasteiger partial charge on any atom is -0.496 e. The number of amidine groups is 1. The van der Waals surface area contributed by atoms with Crippen molar-refractivity contribution < 1.29 is 23.0 Å². The number of hydrogen-bond acceptors (Lipinski definition) is 6. The molecule has 0 fully saturated rings. The summed E-state index contributed by atoms with van der Waals surface area (Å²) >= 11 is 0. The quantitative estimate of drug-likeness (QED) is 0.228. The van der Waals surface area contributed by atoms with E-state index in [1.807, 2.05) is 6.07 Å². The molecule has 0 bridgehead atoms. The van der Waals surface area contributed by atoms with E-state index in [0.29, 0.717) is 41.1 Å². The number of methoxy groups -OCH3 is 1. The predicted molar refractivity (Wildman–Crippen MR) is 113 cm³/mol. The molecule has 3 rings (SSSR count). The van der Waals surface area contributed by atoms with Gasteiger partial charge in [0.25, 0.3) is 0 Å². The van der Waals surface area contributed by atoms with Crippen LogP contribution in [0.25, 0.3) is 11.3 Å². The highest BCUT2D eigenvalue weighted by atomic mass is 19.3. The summed E-state index contributed by atoms with van der Waals surface area (Å²) in [6, 6.07) is 5.06. The summed E-state index contributed by atoms with van der Waals surface area (Å²) in [5, 5.41) is 5.09. The maximum Gasteiger partial charge on any atom is 0.354 e. The highest BCUT2D eigenvalue weighted by molar-refractivity contribution is 6.01. The van der Waals surface area contributed by atoms with E-state index < -0.39 is 18.3 Å². The van der Waals surface area contributed by atoms with Gasteiger partial charge in [0.2, 0.25) is 5.92 Å². The van der Waals surface area contributed by atoms with Crippen molar-refractivity contribution in [1.82, 2.24) is 9.69 Å². The van der Waals surface area contributed by atoms with E-state index in [1.165, 1.54) is 20.2 Å². The molecule has 0 amide bonds. The average Bonchev–Trinajstić information content (AvgIpc) is 3.03. The Hall–Kier alpha value is -3.14. The third-order valence-electron chi connectivity index (χ3n) is 4.99. The molecule has 0 unspecified atom stereocenters. The predicted octanol–water partition coefficient (Wildman–Crippen LogP) is 2.52. The number of nitrogens with zero attached hydrogens (tertiary/aromatic N) is 3. The summed E-state index contributed by atoms with van der Waals surface area (Å²) in [6.07, 6.45) is 0.0630. The van der Waals surface area contributed by atoms with E-state index in [9.17, 15) is 13.6 Å². The molecular weight excluding hydrogens is 408 g/mol. The first-order chi connectivity index (χ1) is 14.6. The summed E-state index contributed by atoms with van der Waals surface area (Å²) < 4.78 is 40.3. The lowest BCUT2D eigenvalue weighted by molar-refractivity contribution is 0.0226. The molecule has 1 aromatic carbocycles. The summed E-state index contributed by atoms with van der Waals surface area (Å²) in [6.45, 7) is 3.19. The van der Waals surface area contributed by atoms with Gasteiger partial charge in [-0.25, -0.2) is 24.5 Å². The first-order valence-electron chi connectivity index (χ1n) is 9.87. The molecule has 0 atom stereocenters. The van der Waals surface area contributed by atoms with Crippen LogP contribution in [0.4, 0.5) is 8.78 Å². The lowest BCUT2D eigenvalue weighted by Gasteiger charge is -2.24. The van der Waals surface area contributed by atoms with Gasteiger partial charge < -0.3 is 19.8 Å². The molecule has 1 aliphatic rings. The van der Waals surface area contributed by atoms with Gasteiger partial charge in [0.1, 0.15) is 11.4 Å². The zero-order valence-electron chi connectivity index (χ0n) is 18.0. The van der Waals surface area contributed by atoms with Gasteiger partial charge in [-0.1, -0.05) is 0 Å². The molecule has 8 nitrogen and oxygen atoms in total. The van der Waals surface area contributed by atoms with Gasteiger partial charge in [0, 0.05) is 25.6 Å². The number of halogens is 2. The van der Waals surface area contributed by atoms with Crippen LogP contribution in [0.15, 0.2) is 23.3 Å². The number of rotatable bonds is 7. The number of hydrazone groups is 1. The molecule has 168 valence electrons. The Kier molecular flexibility index (Phi) is 6.21. The molecule has 2 aromatic rings. The maximum absolute atomic E-state index is 14.0. The third-order valence-corrected chi connectivity index (χ3v) is 4.99. The molecule has 2 heterocycles. The number of ether oxygens (including phenoxy) is 2. The maximum atomic E-state index is 14.0. The molecule has 1 aromatic heterocycles. The molecule has 0 saturated heterocycles. The van der Waals surface area contributed by atoms with Gasteiger partial charge >= 0.3 is 5.97 Å². The van der Waals surface area contributed by atoms with Crippen molar-refractivity contribution in [2.75, 3.05) is 20.8 Å². The standard InChI is InChI=1S/C21H27F2N5O3/c1-5-31-20(29)16-8-13(11-21(2,22)23)18-14-10-15(19(24)26-27(3)25)17(30-4)9-12(14)6-7-28(16)18/h8-10H,5-7,11,25H2,1-4H3,(H2,24,26). The van der Waals surface area contributed by atoms with E-state index in [-0.39, 0.29) is 18.1 Å². The smallest absolute Gasteiger partial charge is 0.354 e. The van der Waals surface area contributed by atoms with Gasteiger partial charge in [0.05, 0.1) is 25.0 Å². The van der Waals surface area contributed by atoms with Crippen LogP contribution in [-0.4, -0.2) is 48.2 Å². The van der Waals surface area contributed by atoms with Gasteiger partial charge in [-0.05, 0) is 49.6 Å². The lowest BCUT2D eigenvalue weighted by Crippen LogP contribution is -2.26. The normalized spacial score (nSPS) is 13.5. The van der Waals surface area contributed by atoms with E-state index in [0.717, 1.165) is 17.6 Å². The largest absolute Gasteiger partial charge is 0.496 e. The number of alkyl halides is 2. The van der Waals surface area contributed by atoms with Crippen LogP contribution >= 0.6 is 0 Å². The van der Waals surface area contributed by atoms with Crippen molar-refractivity contribution in [2.45, 2.75) is 39.2 Å². The van der Waals surface area contributed by atoms with E-state index >= 15 is 0 Å². The van der Waals surface area contributed by atoms with Crippen molar-refractivity contribution in [1.29, 1.82) is 0 Å². The number of aromatic nitrogens is 1. The van der Waals surface area contributed by atoms with Crippen LogP contribution in [0, 0.1) is 0 Å². The summed E-state index contributed by atoms with van der Waals surface area (Å²) in [4.78, 5) is 12.5. The van der Waals surface area contributed by atoms with Gasteiger partial charge in [0.15, 0.2) is 5.84 Å². The Morgan fingerprint density at radius 1 is 1.35 bits per heavy atom. The van der Waals surface area contributed by atoms with Crippen molar-refractivity contribution in [2.24, 2.45) is 16.7 Å². The fourth-order valence-electron chi connectivity index (χ4n) is 3.87. The van der Waals surface area contributed by atoms with Crippen molar-refractivity contribution in [3.63, 3.8) is 0 Å². The SMILES string of the molecule is CCOC(=O)c1cc(CC(C)(F)F)c2n1CCc1cc(OC)c(/C(N)=N/N(C)N)cc1-2. The fraction of sp³-hybridized carbons (Fsp3) is 0.429. The summed E-state index contributed by atoms with van der Waals surface area (Å²) in [5.74, 6) is 2.69. The number of hydrazine groups is 1. The molecule has 0 aliphatic carbocycles. The topological polar surface area (TPSA) is 108 Å². The molecule has 0 radical (unpaired) electrons. The Balaban J connectivity index is 2.25. The highest BCUT2D eigenvalue weighted by Crippen LogP contribution is 2.40. The number of carbonyl (C=O) groups is 1. The number of benzene rings is 1. The second-order valence-corrected chi connectivity index (χ2v) is 7.54. The van der Waals surface area contributed by atoms with Crippen LogP contribution in [0.5, 0.6) is 5.75 Å². The number of carbonyl (C=O) groups excluding carboxylic acids is 1. The number of esters is 1. The summed E-state index contributed by atoms with van der Waals surface area (Å²) in [7, 11) is 3.04. The van der Waals surface area contributed by atoms with Crippen molar-refractivity contribution in [3.8, 4) is 17.0 Å². The Morgan fingerprint density at radius 3 is 2.65 bits per heavy atom. The van der Waals surface area contributed by atoms with Crippen LogP contribution < -0.4 is 16.3 Å². The van der Waals surface area contributed by atoms with Gasteiger partial charge in [-0.2, -0.15) is 0 Å². The molecule has 1 aliphatic heterocycles. The number of nitrogens with two attached hydrogens (primary N) is 2. The van der Waals surface area contributed by atoms with Crippen molar-refractivity contribution in [3.05, 3.63) is 40.6 Å². The molecular formula is C21H27F2N5O3. The Bertz CT molecular complexity index is 1020. The molecule has 31 heavy (non-hydrogen) atoms. The average molecular weight is 435 g/mol. The van der Waals surface area contributed by atoms with Crippen LogP contribution in [-0.2, 0) is 24.1 Å². The molecule has 4 N–H and O–H groups in total. The first kappa shape index (κ1) is 22.5. The second-order valence-electron chi connectivity index (χ2n) is 7.54. The van der Waals surface area contributed by atoms with Gasteiger partial charge in [-0.15, -0.1) is 5.10 Å². The first-order valence-corrected chi connectivity index (χ1v) is 9.87. The third kappa shape index (κ3) is 4.63. The molecule has 10 heteroatoms. The minimum atomic E-state index is -2.95. The second kappa shape index (κ2) is 8.54. The van der Waals surface area contributed by atoms with E-state index in [2.05, 4.69) is 5.10 Å². The van der Waals surface area contributed by atoms with Gasteiger partial charge in [-0.3, -0.25) is 0 Å². The number of aryl methyl sites for hydroxylation is 1. The van der Waals surface area contributed by atoms with Crippen LogP contribution in [0.2, 0.25) is 0 Å². The van der Waals surface area contributed by atoms with Crippen molar-refractivity contribution >= 4 is 11.8 Å². The van der Waals surface area contributed by atoms with E-state index in [1.54, 1.807) is 17.6 Å². The Labute approximate surface area is 179 Å². The van der Waals surface area contributed by atoms with E-state index in [4.69, 9.17) is 21.1 Å². The highest BCUT2D eigenvalue weighted by Gasteiger charge is 2.32. The number of fused-ring (bicyclic) bond motifs is 3. The Morgan fingerprint density at radius 2 is 2.06 bits per heavy atom. The monoisotopic (exact) mass is 435 g/mol. The summed E-state index contributed by atoms with van der Waals surface area (Å²) in [5.41, 5.74) is 9.32. The molecule has 0 saturated carbocycles. The molecule has 0 spiro atoms. The number of hydrogen-bond donors (Lipinski definition) is 2. The van der Waals surface area contributed by atoms with Crippen LogP contribution in [0.3, 0.4) is 0 Å². The van der Waals surface area contributed by atoms with Crippen LogP contribution in [0.1, 0.15) is 41.0 Å².